The molecule has 1 aliphatic carbocycles. The first-order valence-corrected chi connectivity index (χ1v) is 5.65. The number of hydrogen-bond donors (Lipinski definition) is 1. The summed E-state index contributed by atoms with van der Waals surface area (Å²) in [7, 11) is 1.71. The van der Waals surface area contributed by atoms with Crippen LogP contribution in [0.1, 0.15) is 25.7 Å². The normalized spacial score (nSPS) is 25.7. The van der Waals surface area contributed by atoms with Crippen molar-refractivity contribution in [3.63, 3.8) is 0 Å². The molecule has 1 rings (SSSR count). The van der Waals surface area contributed by atoms with E-state index in [0.29, 0.717) is 19.1 Å². The summed E-state index contributed by atoms with van der Waals surface area (Å²) in [6, 6.07) is 2.92. The minimum atomic E-state index is 0.278. The van der Waals surface area contributed by atoms with Gasteiger partial charge in [0, 0.05) is 38.7 Å². The summed E-state index contributed by atoms with van der Waals surface area (Å²) in [5.74, 6) is 0. The number of rotatable bonds is 6. The van der Waals surface area contributed by atoms with Crippen LogP contribution < -0.4 is 5.73 Å². The monoisotopic (exact) mass is 211 g/mol. The summed E-state index contributed by atoms with van der Waals surface area (Å²) in [5.41, 5.74) is 6.06. The van der Waals surface area contributed by atoms with Crippen molar-refractivity contribution in [2.24, 2.45) is 5.73 Å². The second-order valence-corrected chi connectivity index (χ2v) is 4.10. The van der Waals surface area contributed by atoms with Crippen LogP contribution >= 0.6 is 0 Å². The van der Waals surface area contributed by atoms with Crippen LogP contribution in [0.3, 0.4) is 0 Å². The van der Waals surface area contributed by atoms with Crippen LogP contribution in [0.15, 0.2) is 0 Å². The molecule has 1 aliphatic rings. The van der Waals surface area contributed by atoms with Gasteiger partial charge < -0.3 is 10.5 Å². The second kappa shape index (κ2) is 6.78. The summed E-state index contributed by atoms with van der Waals surface area (Å²) >= 11 is 0. The van der Waals surface area contributed by atoms with Gasteiger partial charge in [-0.25, -0.2) is 0 Å². The Labute approximate surface area is 92.0 Å². The third-order valence-corrected chi connectivity index (χ3v) is 3.09. The molecule has 15 heavy (non-hydrogen) atoms. The Hall–Kier alpha value is -0.630. The van der Waals surface area contributed by atoms with E-state index in [1.165, 1.54) is 6.42 Å². The Balaban J connectivity index is 2.42. The van der Waals surface area contributed by atoms with Crippen LogP contribution in [0.25, 0.3) is 0 Å². The SMILES string of the molecule is COCCN(CCC#N)C1CCCC1N. The van der Waals surface area contributed by atoms with Crippen molar-refractivity contribution in [1.82, 2.24) is 4.90 Å². The standard InChI is InChI=1S/C11H21N3O/c1-15-9-8-14(7-3-6-12)11-5-2-4-10(11)13/h10-11H,2-5,7-9,13H2,1H3. The maximum absolute atomic E-state index is 8.61. The van der Waals surface area contributed by atoms with Gasteiger partial charge in [-0.1, -0.05) is 6.42 Å². The van der Waals surface area contributed by atoms with Gasteiger partial charge in [0.05, 0.1) is 12.7 Å². The Morgan fingerprint density at radius 1 is 1.47 bits per heavy atom. The topological polar surface area (TPSA) is 62.3 Å². The van der Waals surface area contributed by atoms with Crippen molar-refractivity contribution in [3.8, 4) is 6.07 Å². The Bertz CT molecular complexity index is 214. The smallest absolute Gasteiger partial charge is 0.0635 e. The van der Waals surface area contributed by atoms with E-state index in [9.17, 15) is 0 Å². The van der Waals surface area contributed by atoms with E-state index in [2.05, 4.69) is 11.0 Å². The molecule has 1 saturated carbocycles. The molecule has 0 saturated heterocycles. The van der Waals surface area contributed by atoms with E-state index in [0.717, 1.165) is 25.9 Å². The highest BCUT2D eigenvalue weighted by atomic mass is 16.5. The first kappa shape index (κ1) is 12.4. The Kier molecular flexibility index (Phi) is 5.62. The minimum Gasteiger partial charge on any atom is -0.383 e. The molecule has 0 heterocycles. The van der Waals surface area contributed by atoms with Crippen molar-refractivity contribution in [2.75, 3.05) is 26.8 Å². The molecule has 0 aromatic carbocycles. The first-order chi connectivity index (χ1) is 7.29. The van der Waals surface area contributed by atoms with Gasteiger partial charge in [-0.15, -0.1) is 0 Å². The number of ether oxygens (including phenoxy) is 1. The fourth-order valence-electron chi connectivity index (χ4n) is 2.27. The van der Waals surface area contributed by atoms with Crippen molar-refractivity contribution >= 4 is 0 Å². The zero-order valence-corrected chi connectivity index (χ0v) is 9.48. The number of nitrogens with two attached hydrogens (primary N) is 1. The molecule has 2 N–H and O–H groups in total. The van der Waals surface area contributed by atoms with Crippen LogP contribution in [0.5, 0.6) is 0 Å². The van der Waals surface area contributed by atoms with Gasteiger partial charge in [0.2, 0.25) is 0 Å². The lowest BCUT2D eigenvalue weighted by Crippen LogP contribution is -2.46. The van der Waals surface area contributed by atoms with E-state index in [1.54, 1.807) is 7.11 Å². The number of nitriles is 1. The van der Waals surface area contributed by atoms with E-state index in [-0.39, 0.29) is 6.04 Å². The molecule has 4 nitrogen and oxygen atoms in total. The molecule has 0 aromatic heterocycles. The molecular weight excluding hydrogens is 190 g/mol. The van der Waals surface area contributed by atoms with E-state index in [4.69, 9.17) is 15.7 Å². The van der Waals surface area contributed by atoms with Crippen LogP contribution in [-0.2, 0) is 4.74 Å². The minimum absolute atomic E-state index is 0.278. The molecular formula is C11H21N3O. The number of hydrogen-bond acceptors (Lipinski definition) is 4. The van der Waals surface area contributed by atoms with Crippen molar-refractivity contribution in [3.05, 3.63) is 0 Å². The molecule has 0 amide bonds. The second-order valence-electron chi connectivity index (χ2n) is 4.10. The molecule has 0 aliphatic heterocycles. The van der Waals surface area contributed by atoms with Crippen LogP contribution in [-0.4, -0.2) is 43.8 Å². The molecule has 0 radical (unpaired) electrons. The lowest BCUT2D eigenvalue weighted by atomic mass is 10.1. The van der Waals surface area contributed by atoms with Gasteiger partial charge in [0.25, 0.3) is 0 Å². The third kappa shape index (κ3) is 3.78. The predicted octanol–water partition coefficient (Wildman–Crippen LogP) is 0.728. The molecule has 86 valence electrons. The molecule has 1 fully saturated rings. The summed E-state index contributed by atoms with van der Waals surface area (Å²) in [4.78, 5) is 2.31. The average Bonchev–Trinajstić information content (AvgIpc) is 2.65. The summed E-state index contributed by atoms with van der Waals surface area (Å²) in [6.45, 7) is 2.42. The quantitative estimate of drug-likeness (QED) is 0.703. The predicted molar refractivity (Wildman–Crippen MR) is 59.3 cm³/mol. The highest BCUT2D eigenvalue weighted by Gasteiger charge is 2.28. The molecule has 2 atom stereocenters. The molecule has 2 unspecified atom stereocenters. The molecule has 0 aromatic rings. The zero-order chi connectivity index (χ0) is 11.1. The van der Waals surface area contributed by atoms with Gasteiger partial charge in [-0.2, -0.15) is 5.26 Å². The fraction of sp³-hybridized carbons (Fsp3) is 0.909. The summed E-state index contributed by atoms with van der Waals surface area (Å²) in [5, 5.41) is 8.61. The first-order valence-electron chi connectivity index (χ1n) is 5.65. The summed E-state index contributed by atoms with van der Waals surface area (Å²) < 4.78 is 5.08. The van der Waals surface area contributed by atoms with E-state index in [1.807, 2.05) is 0 Å². The number of methoxy groups -OCH3 is 1. The maximum atomic E-state index is 8.61. The number of nitrogens with zero attached hydrogens (tertiary/aromatic N) is 2. The van der Waals surface area contributed by atoms with E-state index < -0.39 is 0 Å². The molecule has 4 heteroatoms. The lowest BCUT2D eigenvalue weighted by Gasteiger charge is -2.30. The van der Waals surface area contributed by atoms with Gasteiger partial charge in [0.15, 0.2) is 0 Å². The summed E-state index contributed by atoms with van der Waals surface area (Å²) in [6.07, 6.45) is 4.06. The van der Waals surface area contributed by atoms with Gasteiger partial charge >= 0.3 is 0 Å². The van der Waals surface area contributed by atoms with Crippen molar-refractivity contribution < 1.29 is 4.74 Å². The highest BCUT2D eigenvalue weighted by molar-refractivity contribution is 4.89. The fourth-order valence-corrected chi connectivity index (χ4v) is 2.27. The van der Waals surface area contributed by atoms with Crippen LogP contribution in [0.2, 0.25) is 0 Å². The maximum Gasteiger partial charge on any atom is 0.0635 e. The van der Waals surface area contributed by atoms with Crippen molar-refractivity contribution in [2.45, 2.75) is 37.8 Å². The molecule has 0 spiro atoms. The largest absolute Gasteiger partial charge is 0.383 e. The zero-order valence-electron chi connectivity index (χ0n) is 9.48. The van der Waals surface area contributed by atoms with Gasteiger partial charge in [-0.3, -0.25) is 4.90 Å². The molecule has 0 bridgehead atoms. The van der Waals surface area contributed by atoms with E-state index >= 15 is 0 Å². The highest BCUT2D eigenvalue weighted by Crippen LogP contribution is 2.22. The Morgan fingerprint density at radius 3 is 2.80 bits per heavy atom. The Morgan fingerprint density at radius 2 is 2.27 bits per heavy atom. The van der Waals surface area contributed by atoms with Crippen molar-refractivity contribution in [1.29, 1.82) is 5.26 Å². The van der Waals surface area contributed by atoms with Gasteiger partial charge in [-0.05, 0) is 12.8 Å². The van der Waals surface area contributed by atoms with Crippen LogP contribution in [0, 0.1) is 11.3 Å². The van der Waals surface area contributed by atoms with Crippen LogP contribution in [0.4, 0.5) is 0 Å². The van der Waals surface area contributed by atoms with Gasteiger partial charge in [0.1, 0.15) is 0 Å². The lowest BCUT2D eigenvalue weighted by molar-refractivity contribution is 0.117. The average molecular weight is 211 g/mol. The third-order valence-electron chi connectivity index (χ3n) is 3.09.